The summed E-state index contributed by atoms with van der Waals surface area (Å²) in [5.74, 6) is 0. The van der Waals surface area contributed by atoms with Crippen LogP contribution in [-0.2, 0) is 0 Å². The summed E-state index contributed by atoms with van der Waals surface area (Å²) in [5.41, 5.74) is 7.28. The van der Waals surface area contributed by atoms with Crippen LogP contribution >= 0.6 is 0 Å². The van der Waals surface area contributed by atoms with Gasteiger partial charge in [0.15, 0.2) is 0 Å². The van der Waals surface area contributed by atoms with Crippen LogP contribution in [0.25, 0.3) is 0 Å². The lowest BCUT2D eigenvalue weighted by molar-refractivity contribution is 1.34. The van der Waals surface area contributed by atoms with Crippen LogP contribution in [-0.4, -0.2) is 0 Å². The van der Waals surface area contributed by atoms with Crippen LogP contribution in [0.3, 0.4) is 0 Å². The van der Waals surface area contributed by atoms with Crippen molar-refractivity contribution in [1.29, 1.82) is 0 Å². The summed E-state index contributed by atoms with van der Waals surface area (Å²) in [4.78, 5) is 0. The Morgan fingerprint density at radius 3 is 2.75 bits per heavy atom. The molecule has 62 valence electrons. The van der Waals surface area contributed by atoms with Gasteiger partial charge in [0.25, 0.3) is 0 Å². The fourth-order valence-corrected chi connectivity index (χ4v) is 0.861. The van der Waals surface area contributed by atoms with Gasteiger partial charge in [0.2, 0.25) is 0 Å². The van der Waals surface area contributed by atoms with Crippen molar-refractivity contribution in [1.82, 2.24) is 0 Å². The highest BCUT2D eigenvalue weighted by molar-refractivity contribution is 5.38. The Labute approximate surface area is 73.3 Å². The normalized spacial score (nSPS) is 25.7. The van der Waals surface area contributed by atoms with Crippen LogP contribution in [0.2, 0.25) is 0 Å². The fraction of sp³-hybridized carbons (Fsp3) is 0.0909. The molecule has 0 aromatic rings. The van der Waals surface area contributed by atoms with E-state index in [-0.39, 0.29) is 0 Å². The number of allylic oxidation sites excluding steroid dienone is 7. The molecule has 1 aliphatic rings. The molecule has 0 spiro atoms. The van der Waals surface area contributed by atoms with Gasteiger partial charge in [-0.1, -0.05) is 43.0 Å². The first kappa shape index (κ1) is 8.60. The monoisotopic (exact) mass is 159 g/mol. The standard InChI is InChI=1S/C11H13N/c1-10-8-6-4-2-3-5-7-9-11(10)12/h2,4-9H,1,3,12H2/b4-2-,7-5-,8-6-,11-9?. The molecule has 0 amide bonds. The Hall–Kier alpha value is -1.50. The molecule has 0 fully saturated rings. The second-order valence-electron chi connectivity index (χ2n) is 2.60. The second kappa shape index (κ2) is 4.39. The summed E-state index contributed by atoms with van der Waals surface area (Å²) in [5, 5.41) is 0. The zero-order chi connectivity index (χ0) is 8.81. The van der Waals surface area contributed by atoms with Crippen molar-refractivity contribution in [3.05, 3.63) is 60.4 Å². The first-order valence-electron chi connectivity index (χ1n) is 3.95. The van der Waals surface area contributed by atoms with Gasteiger partial charge >= 0.3 is 0 Å². The Balaban J connectivity index is 2.83. The zero-order valence-electron chi connectivity index (χ0n) is 7.03. The first-order valence-corrected chi connectivity index (χ1v) is 3.95. The Kier molecular flexibility index (Phi) is 3.15. The summed E-state index contributed by atoms with van der Waals surface area (Å²) in [6, 6.07) is 0. The third-order valence-corrected chi connectivity index (χ3v) is 1.60. The Bertz CT molecular complexity index is 277. The van der Waals surface area contributed by atoms with Crippen molar-refractivity contribution >= 4 is 0 Å². The summed E-state index contributed by atoms with van der Waals surface area (Å²) in [6.07, 6.45) is 14.7. The topological polar surface area (TPSA) is 26.0 Å². The van der Waals surface area contributed by atoms with Gasteiger partial charge in [-0.3, -0.25) is 0 Å². The maximum atomic E-state index is 5.70. The molecule has 0 saturated carbocycles. The maximum absolute atomic E-state index is 5.70. The van der Waals surface area contributed by atoms with Crippen molar-refractivity contribution in [2.75, 3.05) is 0 Å². The molecule has 0 aromatic heterocycles. The van der Waals surface area contributed by atoms with Crippen LogP contribution < -0.4 is 5.73 Å². The highest BCUT2D eigenvalue weighted by Gasteiger charge is 1.89. The minimum Gasteiger partial charge on any atom is -0.398 e. The van der Waals surface area contributed by atoms with Crippen LogP contribution in [0.1, 0.15) is 6.42 Å². The lowest BCUT2D eigenvalue weighted by Gasteiger charge is -1.98. The first-order chi connectivity index (χ1) is 5.80. The highest BCUT2D eigenvalue weighted by Crippen LogP contribution is 2.04. The van der Waals surface area contributed by atoms with Crippen LogP contribution in [0.15, 0.2) is 60.4 Å². The molecular weight excluding hydrogens is 146 g/mol. The smallest absolute Gasteiger partial charge is 0.0381 e. The molecule has 1 aliphatic carbocycles. The van der Waals surface area contributed by atoms with E-state index < -0.39 is 0 Å². The molecule has 1 heteroatoms. The predicted molar refractivity (Wildman–Crippen MR) is 53.4 cm³/mol. The predicted octanol–water partition coefficient (Wildman–Crippen LogP) is 2.46. The maximum Gasteiger partial charge on any atom is 0.0381 e. The summed E-state index contributed by atoms with van der Waals surface area (Å²) >= 11 is 0. The van der Waals surface area contributed by atoms with Gasteiger partial charge in [-0.15, -0.1) is 0 Å². The van der Waals surface area contributed by atoms with Gasteiger partial charge in [0, 0.05) is 5.70 Å². The number of hydrogen-bond acceptors (Lipinski definition) is 1. The number of nitrogens with two attached hydrogens (primary N) is 1. The highest BCUT2D eigenvalue weighted by atomic mass is 14.6. The third-order valence-electron chi connectivity index (χ3n) is 1.60. The van der Waals surface area contributed by atoms with Gasteiger partial charge in [-0.2, -0.15) is 0 Å². The minimum atomic E-state index is 0.720. The SMILES string of the molecule is C=C1/C=C\C=C/C/C=C\C=C1N. The van der Waals surface area contributed by atoms with E-state index in [0.29, 0.717) is 0 Å². The lowest BCUT2D eigenvalue weighted by Crippen LogP contribution is -1.97. The average Bonchev–Trinajstić information content (AvgIpc) is 2.08. The quantitative estimate of drug-likeness (QED) is 0.577. The van der Waals surface area contributed by atoms with Gasteiger partial charge in [-0.05, 0) is 18.1 Å². The van der Waals surface area contributed by atoms with Crippen molar-refractivity contribution in [3.63, 3.8) is 0 Å². The number of hydrogen-bond donors (Lipinski definition) is 1. The van der Waals surface area contributed by atoms with E-state index in [0.717, 1.165) is 17.7 Å². The fourth-order valence-electron chi connectivity index (χ4n) is 0.861. The van der Waals surface area contributed by atoms with Crippen molar-refractivity contribution in [2.24, 2.45) is 5.73 Å². The van der Waals surface area contributed by atoms with Crippen molar-refractivity contribution < 1.29 is 0 Å². The molecule has 0 unspecified atom stereocenters. The van der Waals surface area contributed by atoms with E-state index in [1.165, 1.54) is 0 Å². The van der Waals surface area contributed by atoms with Crippen LogP contribution in [0.5, 0.6) is 0 Å². The van der Waals surface area contributed by atoms with E-state index in [1.54, 1.807) is 0 Å². The third kappa shape index (κ3) is 2.62. The molecule has 1 rings (SSSR count). The Morgan fingerprint density at radius 2 is 1.92 bits per heavy atom. The average molecular weight is 159 g/mol. The molecule has 0 atom stereocenters. The second-order valence-corrected chi connectivity index (χ2v) is 2.60. The minimum absolute atomic E-state index is 0.720. The Morgan fingerprint density at radius 1 is 1.17 bits per heavy atom. The molecule has 0 heterocycles. The lowest BCUT2D eigenvalue weighted by atomic mass is 10.1. The molecule has 0 aliphatic heterocycles. The van der Waals surface area contributed by atoms with E-state index in [9.17, 15) is 0 Å². The van der Waals surface area contributed by atoms with Crippen molar-refractivity contribution in [3.8, 4) is 0 Å². The van der Waals surface area contributed by atoms with E-state index in [2.05, 4.69) is 18.7 Å². The molecule has 2 N–H and O–H groups in total. The molecule has 12 heavy (non-hydrogen) atoms. The zero-order valence-corrected chi connectivity index (χ0v) is 7.03. The van der Waals surface area contributed by atoms with E-state index in [4.69, 9.17) is 5.73 Å². The molecule has 0 bridgehead atoms. The number of rotatable bonds is 0. The van der Waals surface area contributed by atoms with E-state index in [1.807, 2.05) is 30.4 Å². The van der Waals surface area contributed by atoms with E-state index >= 15 is 0 Å². The summed E-state index contributed by atoms with van der Waals surface area (Å²) in [7, 11) is 0. The van der Waals surface area contributed by atoms with Crippen molar-refractivity contribution in [2.45, 2.75) is 6.42 Å². The molecule has 0 aromatic carbocycles. The summed E-state index contributed by atoms with van der Waals surface area (Å²) < 4.78 is 0. The molecule has 0 saturated heterocycles. The summed E-state index contributed by atoms with van der Waals surface area (Å²) in [6.45, 7) is 3.82. The van der Waals surface area contributed by atoms with Crippen LogP contribution in [0.4, 0.5) is 0 Å². The van der Waals surface area contributed by atoms with Gasteiger partial charge in [-0.25, -0.2) is 0 Å². The molecule has 0 radical (unpaired) electrons. The van der Waals surface area contributed by atoms with Crippen LogP contribution in [0, 0.1) is 0 Å². The molecular formula is C11H13N. The van der Waals surface area contributed by atoms with Gasteiger partial charge < -0.3 is 5.73 Å². The van der Waals surface area contributed by atoms with Gasteiger partial charge in [0.1, 0.15) is 0 Å². The largest absolute Gasteiger partial charge is 0.398 e. The van der Waals surface area contributed by atoms with Gasteiger partial charge in [0.05, 0.1) is 0 Å². The molecule has 1 nitrogen and oxygen atoms in total.